The van der Waals surface area contributed by atoms with Crippen molar-refractivity contribution in [2.75, 3.05) is 0 Å². The molecule has 1 unspecified atom stereocenters. The molecule has 9 heteroatoms. The summed E-state index contributed by atoms with van der Waals surface area (Å²) in [5, 5.41) is 3.70. The summed E-state index contributed by atoms with van der Waals surface area (Å²) in [5.74, 6) is -0.479. The number of thiophene rings is 1. The second-order valence-corrected chi connectivity index (χ2v) is 9.21. The van der Waals surface area contributed by atoms with Crippen LogP contribution in [-0.4, -0.2) is 15.5 Å². The van der Waals surface area contributed by atoms with Crippen LogP contribution in [0.5, 0.6) is 0 Å². The van der Waals surface area contributed by atoms with Crippen molar-refractivity contribution in [1.29, 1.82) is 0 Å². The lowest BCUT2D eigenvalue weighted by molar-refractivity contribution is 0.0262. The van der Waals surface area contributed by atoms with E-state index in [9.17, 15) is 4.79 Å². The minimum absolute atomic E-state index is 0.343. The summed E-state index contributed by atoms with van der Waals surface area (Å²) >= 11 is 26.1. The van der Waals surface area contributed by atoms with Gasteiger partial charge in [0.05, 0.1) is 12.9 Å². The summed E-state index contributed by atoms with van der Waals surface area (Å²) < 4.78 is 7.74. The lowest BCUT2D eigenvalue weighted by atomic mass is 10.1. The maximum atomic E-state index is 13.2. The molecule has 0 aliphatic heterocycles. The van der Waals surface area contributed by atoms with Crippen molar-refractivity contribution in [2.24, 2.45) is 0 Å². The molecule has 2 aromatic carbocycles. The molecule has 158 valence electrons. The van der Waals surface area contributed by atoms with Crippen LogP contribution in [0.3, 0.4) is 0 Å². The molecule has 1 atom stereocenters. The highest BCUT2D eigenvalue weighted by atomic mass is 35.5. The number of hydrogen-bond acceptors (Lipinski definition) is 4. The predicted molar refractivity (Wildman–Crippen MR) is 127 cm³/mol. The fourth-order valence-corrected chi connectivity index (χ4v) is 4.95. The molecule has 0 aliphatic rings. The summed E-state index contributed by atoms with van der Waals surface area (Å²) in [6.45, 7) is 0.343. The van der Waals surface area contributed by atoms with Crippen LogP contribution in [0.25, 0.3) is 11.1 Å². The Hall–Kier alpha value is -2.02. The number of benzene rings is 2. The Morgan fingerprint density at radius 3 is 2.42 bits per heavy atom. The fourth-order valence-electron chi connectivity index (χ4n) is 3.12. The van der Waals surface area contributed by atoms with Gasteiger partial charge in [-0.3, -0.25) is 0 Å². The van der Waals surface area contributed by atoms with Gasteiger partial charge in [0.15, 0.2) is 0 Å². The molecular formula is C22H14Cl4N2O2S. The zero-order chi connectivity index (χ0) is 22.0. The first-order valence-corrected chi connectivity index (χ1v) is 11.5. The number of rotatable bonds is 6. The molecule has 0 radical (unpaired) electrons. The van der Waals surface area contributed by atoms with Crippen LogP contribution in [-0.2, 0) is 11.3 Å². The molecule has 4 nitrogen and oxygen atoms in total. The molecule has 0 saturated heterocycles. The summed E-state index contributed by atoms with van der Waals surface area (Å²) in [5.41, 5.74) is 2.03. The average Bonchev–Trinajstić information content (AvgIpc) is 3.39. The van der Waals surface area contributed by atoms with Gasteiger partial charge >= 0.3 is 5.97 Å². The Kier molecular flexibility index (Phi) is 6.89. The number of carbonyl (C=O) groups excluding carboxylic acids is 1. The van der Waals surface area contributed by atoms with Crippen LogP contribution in [0, 0.1) is 0 Å². The molecule has 0 amide bonds. The van der Waals surface area contributed by atoms with Gasteiger partial charge in [-0.15, -0.1) is 11.3 Å². The van der Waals surface area contributed by atoms with Crippen molar-refractivity contribution in [3.05, 3.63) is 97.1 Å². The second-order valence-electron chi connectivity index (χ2n) is 6.61. The third-order valence-corrected chi connectivity index (χ3v) is 6.57. The van der Waals surface area contributed by atoms with Crippen molar-refractivity contribution in [3.8, 4) is 11.1 Å². The molecule has 4 aromatic rings. The number of nitrogens with zero attached hydrogens (tertiary/aromatic N) is 2. The number of carbonyl (C=O) groups is 1. The van der Waals surface area contributed by atoms with Gasteiger partial charge in [-0.2, -0.15) is 0 Å². The average molecular weight is 512 g/mol. The van der Waals surface area contributed by atoms with E-state index in [0.717, 1.165) is 0 Å². The number of imidazole rings is 1. The van der Waals surface area contributed by atoms with Gasteiger partial charge in [-0.05, 0) is 35.7 Å². The molecule has 0 spiro atoms. The van der Waals surface area contributed by atoms with Crippen molar-refractivity contribution in [2.45, 2.75) is 12.6 Å². The van der Waals surface area contributed by atoms with Crippen LogP contribution in [0.2, 0.25) is 20.1 Å². The minimum atomic E-state index is -0.651. The maximum Gasteiger partial charge on any atom is 0.349 e. The fraction of sp³-hybridized carbons (Fsp3) is 0.0909. The van der Waals surface area contributed by atoms with E-state index in [4.69, 9.17) is 51.1 Å². The standard InChI is InChI=1S/C22H14Cl4N2O2S/c23-13-1-3-15(18(25)9-13)16-5-8-31-21(16)22(29)30-20(11-28-7-6-27-12-28)17-4-2-14(24)10-19(17)26/h1-10,12,20H,11H2. The van der Waals surface area contributed by atoms with Gasteiger partial charge in [0, 0.05) is 49.2 Å². The topological polar surface area (TPSA) is 44.1 Å². The molecule has 4 rings (SSSR count). The van der Waals surface area contributed by atoms with E-state index in [2.05, 4.69) is 4.98 Å². The summed E-state index contributed by atoms with van der Waals surface area (Å²) in [4.78, 5) is 17.7. The molecule has 0 N–H and O–H groups in total. The number of esters is 1. The lowest BCUT2D eigenvalue weighted by Gasteiger charge is -2.20. The first-order valence-electron chi connectivity index (χ1n) is 9.07. The first-order chi connectivity index (χ1) is 14.9. The Labute approximate surface area is 202 Å². The normalized spacial score (nSPS) is 12.0. The van der Waals surface area contributed by atoms with Gasteiger partial charge < -0.3 is 9.30 Å². The largest absolute Gasteiger partial charge is 0.451 e. The van der Waals surface area contributed by atoms with E-state index in [0.29, 0.717) is 48.2 Å². The SMILES string of the molecule is O=C(OC(Cn1ccnc1)c1ccc(Cl)cc1Cl)c1sccc1-c1ccc(Cl)cc1Cl. The Morgan fingerprint density at radius 1 is 1.00 bits per heavy atom. The van der Waals surface area contributed by atoms with E-state index in [-0.39, 0.29) is 0 Å². The quantitative estimate of drug-likeness (QED) is 0.248. The Morgan fingerprint density at radius 2 is 1.74 bits per heavy atom. The zero-order valence-corrected chi connectivity index (χ0v) is 19.6. The highest BCUT2D eigenvalue weighted by molar-refractivity contribution is 7.12. The minimum Gasteiger partial charge on any atom is -0.451 e. The van der Waals surface area contributed by atoms with Gasteiger partial charge in [0.25, 0.3) is 0 Å². The lowest BCUT2D eigenvalue weighted by Crippen LogP contribution is -2.17. The summed E-state index contributed by atoms with van der Waals surface area (Å²) in [6.07, 6.45) is 4.44. The first kappa shape index (κ1) is 22.2. The maximum absolute atomic E-state index is 13.2. The zero-order valence-electron chi connectivity index (χ0n) is 15.8. The van der Waals surface area contributed by atoms with Crippen molar-refractivity contribution >= 4 is 63.7 Å². The smallest absolute Gasteiger partial charge is 0.349 e. The number of halogens is 4. The van der Waals surface area contributed by atoms with Gasteiger partial charge in [-0.25, -0.2) is 9.78 Å². The van der Waals surface area contributed by atoms with Crippen molar-refractivity contribution in [1.82, 2.24) is 9.55 Å². The van der Waals surface area contributed by atoms with Gasteiger partial charge in [-0.1, -0.05) is 58.5 Å². The Bertz CT molecular complexity index is 1220. The number of hydrogen-bond donors (Lipinski definition) is 0. The second kappa shape index (κ2) is 9.63. The Balaban J connectivity index is 1.66. The molecule has 2 heterocycles. The van der Waals surface area contributed by atoms with E-state index in [1.165, 1.54) is 11.3 Å². The molecular weight excluding hydrogens is 498 g/mol. The molecule has 2 aromatic heterocycles. The van der Waals surface area contributed by atoms with Crippen LogP contribution in [0.1, 0.15) is 21.3 Å². The van der Waals surface area contributed by atoms with Crippen LogP contribution < -0.4 is 0 Å². The number of aromatic nitrogens is 2. The van der Waals surface area contributed by atoms with Crippen molar-refractivity contribution < 1.29 is 9.53 Å². The highest BCUT2D eigenvalue weighted by Crippen LogP contribution is 2.37. The molecule has 31 heavy (non-hydrogen) atoms. The molecule has 0 bridgehead atoms. The van der Waals surface area contributed by atoms with E-state index in [1.807, 2.05) is 16.0 Å². The van der Waals surface area contributed by atoms with E-state index in [1.54, 1.807) is 55.1 Å². The summed E-state index contributed by atoms with van der Waals surface area (Å²) in [7, 11) is 0. The van der Waals surface area contributed by atoms with E-state index < -0.39 is 12.1 Å². The van der Waals surface area contributed by atoms with Crippen LogP contribution in [0.4, 0.5) is 0 Å². The van der Waals surface area contributed by atoms with E-state index >= 15 is 0 Å². The molecule has 0 saturated carbocycles. The van der Waals surface area contributed by atoms with Crippen LogP contribution in [0.15, 0.2) is 66.6 Å². The van der Waals surface area contributed by atoms with Gasteiger partial charge in [0.1, 0.15) is 11.0 Å². The van der Waals surface area contributed by atoms with Gasteiger partial charge in [0.2, 0.25) is 0 Å². The van der Waals surface area contributed by atoms with Crippen LogP contribution >= 0.6 is 57.7 Å². The monoisotopic (exact) mass is 510 g/mol. The van der Waals surface area contributed by atoms with Crippen molar-refractivity contribution in [3.63, 3.8) is 0 Å². The highest BCUT2D eigenvalue weighted by Gasteiger charge is 2.25. The molecule has 0 aliphatic carbocycles. The third-order valence-electron chi connectivity index (χ3n) is 4.57. The summed E-state index contributed by atoms with van der Waals surface area (Å²) in [6, 6.07) is 12.1. The molecule has 0 fully saturated rings. The predicted octanol–water partition coefficient (Wildman–Crippen LogP) is 7.82. The number of ether oxygens (including phenoxy) is 1. The third kappa shape index (κ3) is 5.08.